The van der Waals surface area contributed by atoms with E-state index in [2.05, 4.69) is 0 Å². The molecule has 0 spiro atoms. The van der Waals surface area contributed by atoms with E-state index in [0.29, 0.717) is 6.61 Å². The molecule has 50 valence electrons. The van der Waals surface area contributed by atoms with E-state index in [1.807, 2.05) is 13.8 Å². The molecule has 0 aromatic rings. The number of carbonyl (C=O) groups excluding carboxylic acids is 1. The molecule has 0 aliphatic rings. The van der Waals surface area contributed by atoms with Gasteiger partial charge in [0, 0.05) is 0 Å². The van der Waals surface area contributed by atoms with E-state index < -0.39 is 0 Å². The summed E-state index contributed by atoms with van der Waals surface area (Å²) in [5, 5.41) is 0. The summed E-state index contributed by atoms with van der Waals surface area (Å²) >= 11 is -0.302. The fourth-order valence-corrected chi connectivity index (χ4v) is 1.42. The van der Waals surface area contributed by atoms with Crippen LogP contribution in [0, 0.1) is 0 Å². The van der Waals surface area contributed by atoms with Gasteiger partial charge >= 0.3 is 59.6 Å². The molecule has 0 radical (unpaired) electrons. The van der Waals surface area contributed by atoms with Crippen LogP contribution in [-0.4, -0.2) is 15.0 Å². The molecule has 0 saturated heterocycles. The van der Waals surface area contributed by atoms with Gasteiger partial charge < -0.3 is 0 Å². The van der Waals surface area contributed by atoms with Gasteiger partial charge in [-0.3, -0.25) is 0 Å². The number of halogens is 1. The van der Waals surface area contributed by atoms with Crippen LogP contribution in [0.3, 0.4) is 0 Å². The molecule has 0 aromatic carbocycles. The topological polar surface area (TPSA) is 26.3 Å². The Balaban J connectivity index is 3.06. The van der Waals surface area contributed by atoms with E-state index in [4.69, 9.17) is 4.74 Å². The third-order valence-electron chi connectivity index (χ3n) is 0.501. The average molecular weight is 229 g/mol. The molecule has 2 nitrogen and oxygen atoms in total. The quantitative estimate of drug-likeness (QED) is 0.326. The second-order valence-electron chi connectivity index (χ2n) is 1.07. The molecule has 0 atom stereocenters. The summed E-state index contributed by atoms with van der Waals surface area (Å²) in [7, 11) is 0. The molecule has 0 aromatic heterocycles. The summed E-state index contributed by atoms with van der Waals surface area (Å²) in [6, 6.07) is 0. The summed E-state index contributed by atoms with van der Waals surface area (Å²) < 4.78 is 5.70. The van der Waals surface area contributed by atoms with Crippen LogP contribution in [0.2, 0.25) is 0 Å². The van der Waals surface area contributed by atoms with E-state index in [-0.39, 0.29) is 25.2 Å². The zero-order valence-electron chi connectivity index (χ0n) is 5.11. The van der Waals surface area contributed by atoms with E-state index in [9.17, 15) is 4.79 Å². The number of alkyl halides is 1. The number of carbonyl (C=O) groups is 1. The van der Waals surface area contributed by atoms with E-state index >= 15 is 0 Å². The Hall–Kier alpha value is 0.200. The second-order valence-corrected chi connectivity index (χ2v) is 4.24. The van der Waals surface area contributed by atoms with Gasteiger partial charge in [-0.25, -0.2) is 0 Å². The van der Waals surface area contributed by atoms with Crippen LogP contribution in [0.25, 0.3) is 0 Å². The van der Waals surface area contributed by atoms with Crippen molar-refractivity contribution in [1.29, 1.82) is 0 Å². The number of hydrogen-bond donors (Lipinski definition) is 0. The molecule has 3 heteroatoms. The van der Waals surface area contributed by atoms with Crippen LogP contribution in [0.1, 0.15) is 13.8 Å². The van der Waals surface area contributed by atoms with Crippen LogP contribution in [0.15, 0.2) is 0 Å². The van der Waals surface area contributed by atoms with Gasteiger partial charge in [-0.15, -0.1) is 0 Å². The SMILES string of the molecule is CCOC(=O)[I-]CC. The first-order valence-corrected chi connectivity index (χ1v) is 5.17. The molecular weight excluding hydrogens is 219 g/mol. The van der Waals surface area contributed by atoms with Gasteiger partial charge in [-0.2, -0.15) is 0 Å². The molecule has 0 saturated carbocycles. The Bertz CT molecular complexity index is 64.8. The Morgan fingerprint density at radius 1 is 1.62 bits per heavy atom. The zero-order chi connectivity index (χ0) is 6.41. The normalized spacial score (nSPS) is 9.25. The minimum absolute atomic E-state index is 0.0220. The fraction of sp³-hybridized carbons (Fsp3) is 0.800. The van der Waals surface area contributed by atoms with Crippen molar-refractivity contribution in [2.24, 2.45) is 0 Å². The van der Waals surface area contributed by atoms with Crippen molar-refractivity contribution in [3.8, 4) is 0 Å². The average Bonchev–Trinajstić information content (AvgIpc) is 1.68. The van der Waals surface area contributed by atoms with Crippen molar-refractivity contribution in [2.45, 2.75) is 13.8 Å². The van der Waals surface area contributed by atoms with Crippen molar-refractivity contribution < 1.29 is 30.7 Å². The molecule has 0 unspecified atom stereocenters. The predicted octanol–water partition coefficient (Wildman–Crippen LogP) is -1.75. The molecule has 0 aliphatic carbocycles. The van der Waals surface area contributed by atoms with Crippen molar-refractivity contribution in [3.63, 3.8) is 0 Å². The molecule has 0 rings (SSSR count). The minimum atomic E-state index is -0.302. The van der Waals surface area contributed by atoms with E-state index in [0.717, 1.165) is 4.43 Å². The zero-order valence-corrected chi connectivity index (χ0v) is 7.27. The summed E-state index contributed by atoms with van der Waals surface area (Å²) in [4.78, 5) is 10.5. The van der Waals surface area contributed by atoms with Gasteiger partial charge in [-0.05, 0) is 0 Å². The number of rotatable bonds is 3. The van der Waals surface area contributed by atoms with Crippen molar-refractivity contribution in [2.75, 3.05) is 11.0 Å². The van der Waals surface area contributed by atoms with Gasteiger partial charge in [0.25, 0.3) is 0 Å². The first-order chi connectivity index (χ1) is 3.81. The van der Waals surface area contributed by atoms with Gasteiger partial charge in [0.05, 0.1) is 0 Å². The Morgan fingerprint density at radius 3 is 2.62 bits per heavy atom. The van der Waals surface area contributed by atoms with Gasteiger partial charge in [0.15, 0.2) is 0 Å². The Labute approximate surface area is 59.9 Å². The maximum atomic E-state index is 10.5. The van der Waals surface area contributed by atoms with Crippen LogP contribution in [-0.2, 0) is 4.74 Å². The first kappa shape index (κ1) is 8.20. The summed E-state index contributed by atoms with van der Waals surface area (Å²) in [5.74, 6) is 0. The molecule has 0 amide bonds. The molecule has 0 bridgehead atoms. The van der Waals surface area contributed by atoms with Crippen molar-refractivity contribution in [3.05, 3.63) is 0 Å². The summed E-state index contributed by atoms with van der Waals surface area (Å²) in [6.45, 7) is 4.36. The van der Waals surface area contributed by atoms with E-state index in [1.54, 1.807) is 0 Å². The summed E-state index contributed by atoms with van der Waals surface area (Å²) in [5.41, 5.74) is 0. The van der Waals surface area contributed by atoms with Crippen molar-refractivity contribution >= 4 is 3.98 Å². The third-order valence-corrected chi connectivity index (χ3v) is 2.20. The molecular formula is C5H10IO2-. The molecule has 0 N–H and O–H groups in total. The molecule has 0 fully saturated rings. The monoisotopic (exact) mass is 229 g/mol. The third kappa shape index (κ3) is 4.36. The molecule has 0 heterocycles. The number of ether oxygens (including phenoxy) is 1. The maximum absolute atomic E-state index is 10.5. The number of hydrogen-bond acceptors (Lipinski definition) is 2. The van der Waals surface area contributed by atoms with Crippen LogP contribution < -0.4 is 21.2 Å². The molecule has 0 aliphatic heterocycles. The Kier molecular flexibility index (Phi) is 5.47. The standard InChI is InChI=1S/C5H10IO2/c1-3-6-5(7)8-4-2/h3-4H2,1-2H3/q-1. The van der Waals surface area contributed by atoms with Crippen LogP contribution >= 0.6 is 0 Å². The second kappa shape index (κ2) is 5.34. The van der Waals surface area contributed by atoms with Crippen LogP contribution in [0.4, 0.5) is 4.79 Å². The molecule has 8 heavy (non-hydrogen) atoms. The van der Waals surface area contributed by atoms with E-state index in [1.165, 1.54) is 0 Å². The van der Waals surface area contributed by atoms with Gasteiger partial charge in [-0.1, -0.05) is 0 Å². The Morgan fingerprint density at radius 2 is 2.25 bits per heavy atom. The fourth-order valence-electron chi connectivity index (χ4n) is 0.261. The van der Waals surface area contributed by atoms with Gasteiger partial charge in [0.2, 0.25) is 0 Å². The predicted molar refractivity (Wildman–Crippen MR) is 27.6 cm³/mol. The van der Waals surface area contributed by atoms with Crippen LogP contribution in [0.5, 0.6) is 0 Å². The van der Waals surface area contributed by atoms with Gasteiger partial charge in [0.1, 0.15) is 0 Å². The first-order valence-electron chi connectivity index (χ1n) is 2.57. The van der Waals surface area contributed by atoms with Crippen molar-refractivity contribution in [1.82, 2.24) is 0 Å². The summed E-state index contributed by atoms with van der Waals surface area (Å²) in [6.07, 6.45) is 0.